The van der Waals surface area contributed by atoms with E-state index in [1.165, 1.54) is 84.0 Å². The van der Waals surface area contributed by atoms with Gasteiger partial charge in [0.15, 0.2) is 0 Å². The lowest BCUT2D eigenvalue weighted by Gasteiger charge is -2.24. The van der Waals surface area contributed by atoms with Gasteiger partial charge in [-0.3, -0.25) is 0 Å². The summed E-state index contributed by atoms with van der Waals surface area (Å²) in [5.74, 6) is 0. The van der Waals surface area contributed by atoms with E-state index in [0.717, 1.165) is 6.04 Å². The first-order valence-corrected chi connectivity index (χ1v) is 8.32. The van der Waals surface area contributed by atoms with E-state index in [1.54, 1.807) is 0 Å². The van der Waals surface area contributed by atoms with E-state index in [1.807, 2.05) is 0 Å². The monoisotopic (exact) mass is 254 g/mol. The van der Waals surface area contributed by atoms with Gasteiger partial charge in [-0.2, -0.15) is 0 Å². The largest absolute Gasteiger partial charge is 0.313 e. The smallest absolute Gasteiger partial charge is 0.0195 e. The molecule has 1 N–H and O–H groups in total. The molecule has 0 bridgehead atoms. The van der Waals surface area contributed by atoms with Crippen LogP contribution in [-0.4, -0.2) is 37.1 Å². The zero-order valence-corrected chi connectivity index (χ0v) is 12.7. The Morgan fingerprint density at radius 1 is 1.00 bits per heavy atom. The van der Waals surface area contributed by atoms with Crippen molar-refractivity contribution in [2.45, 2.75) is 77.7 Å². The molecule has 1 rings (SSSR count). The van der Waals surface area contributed by atoms with E-state index in [2.05, 4.69) is 24.1 Å². The van der Waals surface area contributed by atoms with Gasteiger partial charge in [-0.15, -0.1) is 0 Å². The standard InChI is InChI=1S/C16H34N2/c1-3-5-6-7-8-9-10-14-18(4-2)15-16-12-11-13-17-16/h16-17H,3-15H2,1-2H3. The molecule has 1 heterocycles. The lowest BCUT2D eigenvalue weighted by molar-refractivity contribution is 0.255. The first-order chi connectivity index (χ1) is 8.86. The number of hydrogen-bond acceptors (Lipinski definition) is 2. The van der Waals surface area contributed by atoms with Crippen LogP contribution in [0.1, 0.15) is 71.6 Å². The van der Waals surface area contributed by atoms with Gasteiger partial charge in [-0.25, -0.2) is 0 Å². The fourth-order valence-corrected chi connectivity index (χ4v) is 2.90. The quantitative estimate of drug-likeness (QED) is 0.564. The van der Waals surface area contributed by atoms with Crippen molar-refractivity contribution < 1.29 is 0 Å². The summed E-state index contributed by atoms with van der Waals surface area (Å²) in [5.41, 5.74) is 0. The van der Waals surface area contributed by atoms with Crippen molar-refractivity contribution in [2.75, 3.05) is 26.2 Å². The molecule has 1 aliphatic rings. The molecule has 18 heavy (non-hydrogen) atoms. The predicted molar refractivity (Wildman–Crippen MR) is 81.1 cm³/mol. The van der Waals surface area contributed by atoms with E-state index in [4.69, 9.17) is 0 Å². The van der Waals surface area contributed by atoms with Crippen molar-refractivity contribution in [1.82, 2.24) is 10.2 Å². The molecule has 0 saturated carbocycles. The van der Waals surface area contributed by atoms with Crippen LogP contribution in [0.5, 0.6) is 0 Å². The summed E-state index contributed by atoms with van der Waals surface area (Å²) in [7, 11) is 0. The molecule has 108 valence electrons. The molecule has 0 spiro atoms. The second-order valence-electron chi connectivity index (χ2n) is 5.81. The van der Waals surface area contributed by atoms with Gasteiger partial charge >= 0.3 is 0 Å². The van der Waals surface area contributed by atoms with Crippen LogP contribution in [0.3, 0.4) is 0 Å². The van der Waals surface area contributed by atoms with Crippen molar-refractivity contribution in [2.24, 2.45) is 0 Å². The molecule has 2 heteroatoms. The molecule has 1 saturated heterocycles. The Hall–Kier alpha value is -0.0800. The minimum atomic E-state index is 0.773. The Labute approximate surface area is 115 Å². The van der Waals surface area contributed by atoms with Gasteiger partial charge in [0.2, 0.25) is 0 Å². The first kappa shape index (κ1) is 16.0. The number of nitrogens with one attached hydrogen (secondary N) is 1. The zero-order chi connectivity index (χ0) is 13.1. The van der Waals surface area contributed by atoms with Crippen LogP contribution in [0.2, 0.25) is 0 Å². The summed E-state index contributed by atoms with van der Waals surface area (Å²) in [4.78, 5) is 2.63. The molecular weight excluding hydrogens is 220 g/mol. The number of rotatable bonds is 11. The van der Waals surface area contributed by atoms with Crippen molar-refractivity contribution in [3.05, 3.63) is 0 Å². The topological polar surface area (TPSA) is 15.3 Å². The van der Waals surface area contributed by atoms with Gasteiger partial charge in [0.05, 0.1) is 0 Å². The Morgan fingerprint density at radius 3 is 2.33 bits per heavy atom. The Balaban J connectivity index is 1.94. The van der Waals surface area contributed by atoms with Crippen molar-refractivity contribution in [3.8, 4) is 0 Å². The fourth-order valence-electron chi connectivity index (χ4n) is 2.90. The van der Waals surface area contributed by atoms with Gasteiger partial charge < -0.3 is 10.2 Å². The van der Waals surface area contributed by atoms with Gasteiger partial charge in [0.1, 0.15) is 0 Å². The van der Waals surface area contributed by atoms with Crippen molar-refractivity contribution >= 4 is 0 Å². The molecular formula is C16H34N2. The summed E-state index contributed by atoms with van der Waals surface area (Å²) in [6.45, 7) is 9.62. The van der Waals surface area contributed by atoms with E-state index in [0.29, 0.717) is 0 Å². The Kier molecular flexibility index (Phi) is 9.59. The highest BCUT2D eigenvalue weighted by Gasteiger charge is 2.16. The molecule has 0 aromatic rings. The number of unbranched alkanes of at least 4 members (excludes halogenated alkanes) is 6. The minimum Gasteiger partial charge on any atom is -0.313 e. The summed E-state index contributed by atoms with van der Waals surface area (Å²) < 4.78 is 0. The minimum absolute atomic E-state index is 0.773. The third-order valence-corrected chi connectivity index (χ3v) is 4.17. The normalized spacial score (nSPS) is 19.8. The van der Waals surface area contributed by atoms with Crippen molar-refractivity contribution in [3.63, 3.8) is 0 Å². The molecule has 1 fully saturated rings. The lowest BCUT2D eigenvalue weighted by Crippen LogP contribution is -2.37. The molecule has 0 radical (unpaired) electrons. The van der Waals surface area contributed by atoms with E-state index in [9.17, 15) is 0 Å². The van der Waals surface area contributed by atoms with Crippen LogP contribution in [0, 0.1) is 0 Å². The second-order valence-corrected chi connectivity index (χ2v) is 5.81. The molecule has 1 atom stereocenters. The number of hydrogen-bond donors (Lipinski definition) is 1. The maximum absolute atomic E-state index is 3.60. The van der Waals surface area contributed by atoms with E-state index in [-0.39, 0.29) is 0 Å². The Bertz CT molecular complexity index is 176. The molecule has 0 aromatic heterocycles. The molecule has 1 aliphatic heterocycles. The Morgan fingerprint density at radius 2 is 1.72 bits per heavy atom. The maximum atomic E-state index is 3.60. The van der Waals surface area contributed by atoms with Gasteiger partial charge in [0.25, 0.3) is 0 Å². The average Bonchev–Trinajstić information content (AvgIpc) is 2.89. The third kappa shape index (κ3) is 7.38. The third-order valence-electron chi connectivity index (χ3n) is 4.17. The first-order valence-electron chi connectivity index (χ1n) is 8.32. The van der Waals surface area contributed by atoms with Crippen LogP contribution in [-0.2, 0) is 0 Å². The van der Waals surface area contributed by atoms with Gasteiger partial charge in [-0.1, -0.05) is 52.4 Å². The highest BCUT2D eigenvalue weighted by Crippen LogP contribution is 2.10. The van der Waals surface area contributed by atoms with Crippen molar-refractivity contribution in [1.29, 1.82) is 0 Å². The van der Waals surface area contributed by atoms with Crippen LogP contribution in [0.4, 0.5) is 0 Å². The van der Waals surface area contributed by atoms with Gasteiger partial charge in [0, 0.05) is 12.6 Å². The number of likely N-dealkylation sites (N-methyl/N-ethyl adjacent to an activating group) is 1. The highest BCUT2D eigenvalue weighted by molar-refractivity contribution is 4.77. The van der Waals surface area contributed by atoms with Gasteiger partial charge in [-0.05, 0) is 38.9 Å². The van der Waals surface area contributed by atoms with E-state index < -0.39 is 0 Å². The number of nitrogens with zero attached hydrogens (tertiary/aromatic N) is 1. The SMILES string of the molecule is CCCCCCCCCN(CC)CC1CCCN1. The van der Waals surface area contributed by atoms with Crippen LogP contribution < -0.4 is 5.32 Å². The molecule has 0 aliphatic carbocycles. The summed E-state index contributed by atoms with van der Waals surface area (Å²) in [6, 6.07) is 0.773. The van der Waals surface area contributed by atoms with Crippen LogP contribution in [0.15, 0.2) is 0 Å². The summed E-state index contributed by atoms with van der Waals surface area (Å²) >= 11 is 0. The lowest BCUT2D eigenvalue weighted by atomic mass is 10.1. The van der Waals surface area contributed by atoms with Crippen LogP contribution >= 0.6 is 0 Å². The second kappa shape index (κ2) is 10.8. The zero-order valence-electron chi connectivity index (χ0n) is 12.7. The molecule has 0 aromatic carbocycles. The predicted octanol–water partition coefficient (Wildman–Crippen LogP) is 3.81. The molecule has 0 amide bonds. The maximum Gasteiger partial charge on any atom is 0.0195 e. The highest BCUT2D eigenvalue weighted by atomic mass is 15.1. The molecule has 2 nitrogen and oxygen atoms in total. The van der Waals surface area contributed by atoms with E-state index >= 15 is 0 Å². The summed E-state index contributed by atoms with van der Waals surface area (Å²) in [6.07, 6.45) is 12.7. The fraction of sp³-hybridized carbons (Fsp3) is 1.00. The summed E-state index contributed by atoms with van der Waals surface area (Å²) in [5, 5.41) is 3.60. The van der Waals surface area contributed by atoms with Crippen LogP contribution in [0.25, 0.3) is 0 Å². The average molecular weight is 254 g/mol. The molecule has 1 unspecified atom stereocenters.